The number of hydrogen-bond donors (Lipinski definition) is 3. The summed E-state index contributed by atoms with van der Waals surface area (Å²) in [5.41, 5.74) is 6.11. The van der Waals surface area contributed by atoms with Crippen LogP contribution in [0.2, 0.25) is 0 Å². The van der Waals surface area contributed by atoms with E-state index in [-0.39, 0.29) is 30.0 Å². The van der Waals surface area contributed by atoms with Crippen molar-refractivity contribution in [1.82, 2.24) is 44.0 Å². The van der Waals surface area contributed by atoms with Crippen molar-refractivity contribution in [3.63, 3.8) is 0 Å². The molecule has 2 aromatic carbocycles. The Bertz CT molecular complexity index is 2880. The van der Waals surface area contributed by atoms with E-state index in [9.17, 15) is 14.7 Å². The fourth-order valence-corrected chi connectivity index (χ4v) is 12.2. The first-order valence-corrected chi connectivity index (χ1v) is 22.6. The van der Waals surface area contributed by atoms with Crippen LogP contribution in [-0.2, 0) is 40.0 Å². The number of rotatable bonds is 6. The Kier molecular flexibility index (Phi) is 10.1. The predicted molar refractivity (Wildman–Crippen MR) is 231 cm³/mol. The number of hydrogen-bond acceptors (Lipinski definition) is 17. The van der Waals surface area contributed by atoms with Crippen LogP contribution in [0.4, 0.5) is 23.0 Å². The number of carbonyl (C=O) groups is 2. The van der Waals surface area contributed by atoms with Crippen molar-refractivity contribution in [2.24, 2.45) is 11.8 Å². The summed E-state index contributed by atoms with van der Waals surface area (Å²) >= 11 is 6.01. The van der Waals surface area contributed by atoms with Gasteiger partial charge >= 0.3 is 5.97 Å². The Morgan fingerprint density at radius 1 is 0.729 bits per heavy atom. The van der Waals surface area contributed by atoms with E-state index < -0.39 is 5.97 Å². The Morgan fingerprint density at radius 2 is 1.24 bits per heavy atom. The van der Waals surface area contributed by atoms with Crippen LogP contribution in [0.15, 0.2) is 49.1 Å². The topological polar surface area (TPSA) is 194 Å². The summed E-state index contributed by atoms with van der Waals surface area (Å²) in [6.07, 6.45) is 7.79. The lowest BCUT2D eigenvalue weighted by Gasteiger charge is -2.37. The number of aliphatic carboxylic acids is 1. The molecule has 0 radical (unpaired) electrons. The van der Waals surface area contributed by atoms with E-state index in [1.54, 1.807) is 35.3 Å². The van der Waals surface area contributed by atoms with Crippen molar-refractivity contribution < 1.29 is 19.4 Å². The molecule has 0 saturated carbocycles. The molecule has 6 aromatic heterocycles. The molecule has 11 rings (SSSR count). The molecule has 0 unspecified atom stereocenters. The number of thiophene rings is 2. The van der Waals surface area contributed by atoms with Crippen LogP contribution < -0.4 is 10.6 Å². The Labute approximate surface area is 353 Å². The first-order chi connectivity index (χ1) is 28.7. The summed E-state index contributed by atoms with van der Waals surface area (Å²) in [4.78, 5) is 48.8. The summed E-state index contributed by atoms with van der Waals surface area (Å²) in [6.45, 7) is 5.44. The fourth-order valence-electron chi connectivity index (χ4n) is 8.43. The smallest absolute Gasteiger partial charge is 0.306 e. The Hall–Kier alpha value is -5.34. The van der Waals surface area contributed by atoms with Gasteiger partial charge in [-0.25, -0.2) is 19.9 Å². The molecule has 3 aliphatic rings. The van der Waals surface area contributed by atoms with Gasteiger partial charge in [-0.15, -0.1) is 32.9 Å². The largest absolute Gasteiger partial charge is 0.481 e. The molecular formula is C40H37N11O4S4. The van der Waals surface area contributed by atoms with Gasteiger partial charge in [0.15, 0.2) is 0 Å². The molecule has 1 aliphatic heterocycles. The normalized spacial score (nSPS) is 20.3. The van der Waals surface area contributed by atoms with E-state index in [1.807, 2.05) is 55.1 Å². The van der Waals surface area contributed by atoms with Gasteiger partial charge in [0.05, 0.1) is 38.3 Å². The molecule has 59 heavy (non-hydrogen) atoms. The summed E-state index contributed by atoms with van der Waals surface area (Å²) in [5.74, 6) is 0.836. The molecule has 1 saturated heterocycles. The molecule has 0 spiro atoms. The molecule has 4 atom stereocenters. The van der Waals surface area contributed by atoms with E-state index in [2.05, 4.69) is 49.7 Å². The SMILES string of the molecule is C[C@@H]1CN(C(=O)[C@H]2CCc3c(sc4ncnc(Nc5ccc6nnsc6c5)c34)C2)C[C@H](C)O1.O=C(O)[C@H]1CCc2c(sc3ncnc(Nc4ccc5nnsc5c4)c23)C1. The third-order valence-electron chi connectivity index (χ3n) is 11.1. The number of carboxylic acids is 1. The number of morpholine rings is 1. The highest BCUT2D eigenvalue weighted by Gasteiger charge is 2.35. The third-order valence-corrected chi connectivity index (χ3v) is 14.8. The number of carboxylic acid groups (broad SMARTS) is 1. The molecule has 1 amide bonds. The number of nitrogens with one attached hydrogen (secondary N) is 2. The van der Waals surface area contributed by atoms with Crippen molar-refractivity contribution in [3.8, 4) is 0 Å². The lowest BCUT2D eigenvalue weighted by Crippen LogP contribution is -2.50. The first-order valence-electron chi connectivity index (χ1n) is 19.4. The molecule has 15 nitrogen and oxygen atoms in total. The maximum Gasteiger partial charge on any atom is 0.306 e. The van der Waals surface area contributed by atoms with E-state index in [0.717, 1.165) is 94.4 Å². The van der Waals surface area contributed by atoms with Crippen LogP contribution in [0.5, 0.6) is 0 Å². The van der Waals surface area contributed by atoms with Crippen LogP contribution in [0.1, 0.15) is 47.6 Å². The van der Waals surface area contributed by atoms with Crippen LogP contribution in [-0.4, -0.2) is 86.3 Å². The summed E-state index contributed by atoms with van der Waals surface area (Å²) in [5, 5.41) is 26.4. The summed E-state index contributed by atoms with van der Waals surface area (Å²) in [6, 6.07) is 11.9. The molecule has 1 fully saturated rings. The molecule has 8 aromatic rings. The zero-order valence-corrected chi connectivity index (χ0v) is 35.2. The van der Waals surface area contributed by atoms with E-state index in [0.29, 0.717) is 25.9 Å². The van der Waals surface area contributed by atoms with Crippen LogP contribution in [0.25, 0.3) is 40.9 Å². The van der Waals surface area contributed by atoms with Gasteiger partial charge in [0, 0.05) is 40.1 Å². The van der Waals surface area contributed by atoms with Crippen LogP contribution >= 0.6 is 45.7 Å². The zero-order chi connectivity index (χ0) is 40.2. The highest BCUT2D eigenvalue weighted by molar-refractivity contribution is 7.19. The number of nitrogens with zero attached hydrogens (tertiary/aromatic N) is 9. The number of aromatic nitrogens is 8. The number of benzene rings is 2. The molecule has 0 bridgehead atoms. The molecule has 7 heterocycles. The predicted octanol–water partition coefficient (Wildman–Crippen LogP) is 7.81. The average molecular weight is 864 g/mol. The van der Waals surface area contributed by atoms with Crippen molar-refractivity contribution in [2.75, 3.05) is 23.7 Å². The number of ether oxygens (including phenoxy) is 1. The number of carbonyl (C=O) groups excluding carboxylic acids is 1. The quantitative estimate of drug-likeness (QED) is 0.147. The van der Waals surface area contributed by atoms with Gasteiger partial charge in [-0.2, -0.15) is 0 Å². The molecule has 19 heteroatoms. The molecule has 3 N–H and O–H groups in total. The van der Waals surface area contributed by atoms with E-state index >= 15 is 0 Å². The molecule has 300 valence electrons. The summed E-state index contributed by atoms with van der Waals surface area (Å²) < 4.78 is 15.8. The van der Waals surface area contributed by atoms with Crippen LogP contribution in [0, 0.1) is 11.8 Å². The van der Waals surface area contributed by atoms with Gasteiger partial charge in [-0.05, 0) is 123 Å². The lowest BCUT2D eigenvalue weighted by atomic mass is 9.86. The minimum Gasteiger partial charge on any atom is -0.481 e. The minimum atomic E-state index is -0.719. The maximum atomic E-state index is 13.3. The van der Waals surface area contributed by atoms with Gasteiger partial charge in [-0.1, -0.05) is 8.98 Å². The third kappa shape index (κ3) is 7.45. The van der Waals surface area contributed by atoms with Crippen molar-refractivity contribution in [3.05, 3.63) is 69.9 Å². The monoisotopic (exact) mass is 863 g/mol. The molecule has 2 aliphatic carbocycles. The second-order valence-corrected chi connectivity index (χ2v) is 18.9. The molecular weight excluding hydrogens is 827 g/mol. The van der Waals surface area contributed by atoms with Gasteiger partial charge in [0.2, 0.25) is 5.91 Å². The number of anilines is 4. The second kappa shape index (κ2) is 15.7. The van der Waals surface area contributed by atoms with E-state index in [1.165, 1.54) is 39.1 Å². The highest BCUT2D eigenvalue weighted by atomic mass is 32.1. The summed E-state index contributed by atoms with van der Waals surface area (Å²) in [7, 11) is 0. The van der Waals surface area contributed by atoms with Gasteiger partial charge in [-0.3, -0.25) is 9.59 Å². The standard InChI is InChI=1S/C23H24N6O2S2.C17H13N5O2S2/c1-12-9-29(10-13(2)31-12)23(30)14-3-5-16-18(7-14)32-22-20(16)21(24-11-25-22)26-15-4-6-17-19(8-15)33-28-27-17;23-17(24)8-1-3-10-12(5-8)25-16-14(10)15(18-7-19-16)20-9-2-4-11-13(6-9)26-22-21-11/h4,6,8,11-14H,3,5,7,9-10H2,1-2H3,(H,24,25,26);2,4,6-8H,1,3,5H2,(H,23,24)(H,18,19,20)/t12-,13+,14-;8-/m00/s1. The fraction of sp³-hybridized carbons (Fsp3) is 0.350. The van der Waals surface area contributed by atoms with Crippen molar-refractivity contribution in [2.45, 2.75) is 64.6 Å². The number of fused-ring (bicyclic) bond motifs is 8. The first kappa shape index (κ1) is 37.9. The van der Waals surface area contributed by atoms with E-state index in [4.69, 9.17) is 4.74 Å². The maximum absolute atomic E-state index is 13.3. The zero-order valence-electron chi connectivity index (χ0n) is 31.9. The Morgan fingerprint density at radius 3 is 1.76 bits per heavy atom. The average Bonchev–Trinajstić information content (AvgIpc) is 4.04. The number of amides is 1. The van der Waals surface area contributed by atoms with Crippen molar-refractivity contribution in [1.29, 1.82) is 0 Å². The van der Waals surface area contributed by atoms with Crippen LogP contribution in [0.3, 0.4) is 0 Å². The second-order valence-electron chi connectivity index (χ2n) is 15.2. The number of aryl methyl sites for hydroxylation is 2. The van der Waals surface area contributed by atoms with Gasteiger partial charge in [0.1, 0.15) is 45.0 Å². The Balaban J connectivity index is 0.000000147. The van der Waals surface area contributed by atoms with Crippen molar-refractivity contribution >= 4 is 121 Å². The van der Waals surface area contributed by atoms with Gasteiger partial charge < -0.3 is 25.4 Å². The minimum absolute atomic E-state index is 0.0219. The lowest BCUT2D eigenvalue weighted by molar-refractivity contribution is -0.147. The van der Waals surface area contributed by atoms with Gasteiger partial charge in [0.25, 0.3) is 0 Å². The highest BCUT2D eigenvalue weighted by Crippen LogP contribution is 2.42.